The third-order valence-corrected chi connectivity index (χ3v) is 12.2. The number of thioether (sulfide) groups is 2. The van der Waals surface area contributed by atoms with Gasteiger partial charge in [-0.05, 0) is 52.7 Å². The molecule has 2 aromatic carbocycles. The number of ketones is 2. The quantitative estimate of drug-likeness (QED) is 0.104. The molecule has 6 N–H and O–H groups in total. The minimum atomic E-state index is -0.994. The van der Waals surface area contributed by atoms with Gasteiger partial charge in [0, 0.05) is 48.5 Å². The first-order valence-corrected chi connectivity index (χ1v) is 19.6. The van der Waals surface area contributed by atoms with Crippen LogP contribution in [0.15, 0.2) is 60.7 Å². The minimum Gasteiger partial charge on any atom is -0.356 e. The monoisotopic (exact) mass is 752 g/mol. The van der Waals surface area contributed by atoms with Crippen molar-refractivity contribution < 1.29 is 28.8 Å². The summed E-state index contributed by atoms with van der Waals surface area (Å²) in [4.78, 5) is 80.1. The highest BCUT2D eigenvalue weighted by Gasteiger charge is 2.51. The van der Waals surface area contributed by atoms with E-state index in [1.54, 1.807) is 13.8 Å². The number of rotatable bonds is 17. The first-order valence-electron chi connectivity index (χ1n) is 17.8. The van der Waals surface area contributed by atoms with Crippen LogP contribution in [-0.2, 0) is 41.6 Å². The van der Waals surface area contributed by atoms with Crippen molar-refractivity contribution in [3.8, 4) is 0 Å². The molecular formula is C38H52N6O6S2. The Hall–Kier alpha value is -3.72. The van der Waals surface area contributed by atoms with E-state index < -0.39 is 44.2 Å². The predicted octanol–water partition coefficient (Wildman–Crippen LogP) is 1.97. The smallest absolute Gasteiger partial charge is 0.238 e. The van der Waals surface area contributed by atoms with E-state index in [1.165, 1.54) is 23.5 Å². The molecule has 0 radical (unpaired) electrons. The molecule has 282 valence electrons. The number of nitrogens with one attached hydrogen (secondary N) is 6. The van der Waals surface area contributed by atoms with Crippen LogP contribution >= 0.6 is 23.5 Å². The second kappa shape index (κ2) is 18.4. The summed E-state index contributed by atoms with van der Waals surface area (Å²) in [6, 6.07) is 17.1. The van der Waals surface area contributed by atoms with E-state index in [0.717, 1.165) is 11.1 Å². The van der Waals surface area contributed by atoms with Crippen molar-refractivity contribution in [2.75, 3.05) is 26.2 Å². The largest absolute Gasteiger partial charge is 0.356 e. The van der Waals surface area contributed by atoms with E-state index in [9.17, 15) is 28.8 Å². The fourth-order valence-electron chi connectivity index (χ4n) is 6.56. The molecule has 0 unspecified atom stereocenters. The highest BCUT2D eigenvalue weighted by molar-refractivity contribution is 8.01. The van der Waals surface area contributed by atoms with Crippen molar-refractivity contribution in [3.63, 3.8) is 0 Å². The van der Waals surface area contributed by atoms with Crippen LogP contribution in [0.5, 0.6) is 0 Å². The van der Waals surface area contributed by atoms with Crippen molar-refractivity contribution >= 4 is 58.7 Å². The van der Waals surface area contributed by atoms with Gasteiger partial charge in [-0.15, -0.1) is 23.5 Å². The minimum absolute atomic E-state index is 0.0981. The Kier molecular flexibility index (Phi) is 14.5. The van der Waals surface area contributed by atoms with Crippen LogP contribution in [-0.4, -0.2) is 93.7 Å². The van der Waals surface area contributed by atoms with E-state index in [4.69, 9.17) is 0 Å². The van der Waals surface area contributed by atoms with Gasteiger partial charge in [0.05, 0.1) is 10.7 Å². The molecule has 0 bridgehead atoms. The van der Waals surface area contributed by atoms with Crippen LogP contribution < -0.4 is 31.9 Å². The van der Waals surface area contributed by atoms with Gasteiger partial charge in [0.1, 0.15) is 23.9 Å². The highest BCUT2D eigenvalue weighted by atomic mass is 32.2. The van der Waals surface area contributed by atoms with Gasteiger partial charge in [0.2, 0.25) is 23.6 Å². The van der Waals surface area contributed by atoms with Gasteiger partial charge in [-0.25, -0.2) is 0 Å². The Morgan fingerprint density at radius 3 is 1.27 bits per heavy atom. The van der Waals surface area contributed by atoms with E-state index in [2.05, 4.69) is 31.9 Å². The molecule has 0 aromatic heterocycles. The number of benzene rings is 2. The van der Waals surface area contributed by atoms with Crippen molar-refractivity contribution in [1.29, 1.82) is 0 Å². The third-order valence-electron chi connectivity index (χ3n) is 9.17. The summed E-state index contributed by atoms with van der Waals surface area (Å²) in [5, 5.41) is 16.6. The van der Waals surface area contributed by atoms with Gasteiger partial charge >= 0.3 is 0 Å². The summed E-state index contributed by atoms with van der Waals surface area (Å²) in [6.45, 7) is 12.2. The fraction of sp³-hybridized carbons (Fsp3) is 0.526. The maximum absolute atomic E-state index is 13.5. The Morgan fingerprint density at radius 1 is 0.596 bits per heavy atom. The lowest BCUT2D eigenvalue weighted by atomic mass is 9.95. The molecule has 12 nitrogen and oxygen atoms in total. The SMILES string of the molecule is CCNC(=O)[C@@H](C(=O)Cc1ccccc1)[C@@H]1N[C@@H](C(=O)NCCNC(=O)[C@@H]2N[C@@H]([C@H](C(=O)Cc3ccccc3)C(=O)NCC)SC2(C)C)C(C)(C)S1. The molecular weight excluding hydrogens is 701 g/mol. The average molecular weight is 753 g/mol. The normalized spacial score (nSPS) is 22.8. The van der Waals surface area contributed by atoms with Gasteiger partial charge in [0.15, 0.2) is 11.6 Å². The van der Waals surface area contributed by atoms with Crippen molar-refractivity contribution in [3.05, 3.63) is 71.8 Å². The molecule has 4 rings (SSSR count). The van der Waals surface area contributed by atoms with Gasteiger partial charge in [-0.3, -0.25) is 39.4 Å². The standard InChI is InChI=1S/C38H52N6O6S2/c1-7-39-31(47)27(25(45)21-23-15-11-9-12-16-23)35-43-29(37(3,4)51-35)33(49)41-19-20-42-34(50)30-38(5,6)52-36(44-30)28(32(48)40-8-2)26(46)22-24-17-13-10-14-18-24/h9-18,27-30,35-36,43-44H,7-8,19-22H2,1-6H3,(H,39,47)(H,40,48)(H,41,49)(H,42,50)/t27-,28-,29+,30+,35-,36-/m1/s1. The number of amides is 4. The maximum atomic E-state index is 13.5. The van der Waals surface area contributed by atoms with Crippen LogP contribution in [0, 0.1) is 11.8 Å². The van der Waals surface area contributed by atoms with Crippen molar-refractivity contribution in [2.45, 2.75) is 86.7 Å². The zero-order valence-corrected chi connectivity index (χ0v) is 32.4. The van der Waals surface area contributed by atoms with Gasteiger partial charge in [0.25, 0.3) is 0 Å². The zero-order valence-electron chi connectivity index (χ0n) is 30.7. The molecule has 14 heteroatoms. The summed E-state index contributed by atoms with van der Waals surface area (Å²) in [6.07, 6.45) is 0.196. The lowest BCUT2D eigenvalue weighted by Gasteiger charge is -2.25. The molecule has 0 aliphatic carbocycles. The molecule has 2 saturated heterocycles. The molecule has 0 saturated carbocycles. The lowest BCUT2D eigenvalue weighted by molar-refractivity contribution is -0.135. The zero-order chi connectivity index (χ0) is 38.1. The Balaban J connectivity index is 1.33. The van der Waals surface area contributed by atoms with E-state index >= 15 is 0 Å². The molecule has 2 aliphatic rings. The summed E-state index contributed by atoms with van der Waals surface area (Å²) in [7, 11) is 0. The topological polar surface area (TPSA) is 175 Å². The third kappa shape index (κ3) is 10.5. The number of hydrogen-bond donors (Lipinski definition) is 6. The number of carbonyl (C=O) groups excluding carboxylic acids is 6. The summed E-state index contributed by atoms with van der Waals surface area (Å²) < 4.78 is -1.28. The predicted molar refractivity (Wildman–Crippen MR) is 205 cm³/mol. The number of Topliss-reactive ketones (excluding diaryl/α,β-unsaturated/α-hetero) is 2. The van der Waals surface area contributed by atoms with Crippen LogP contribution in [0.4, 0.5) is 0 Å². The second-order valence-corrected chi connectivity index (χ2v) is 17.7. The van der Waals surface area contributed by atoms with Gasteiger partial charge in [-0.2, -0.15) is 0 Å². The van der Waals surface area contributed by atoms with Gasteiger partial charge in [-0.1, -0.05) is 60.7 Å². The molecule has 52 heavy (non-hydrogen) atoms. The Bertz CT molecular complexity index is 1470. The summed E-state index contributed by atoms with van der Waals surface area (Å²) in [5.74, 6) is -3.83. The second-order valence-electron chi connectivity index (χ2n) is 14.1. The van der Waals surface area contributed by atoms with E-state index in [0.29, 0.717) is 13.1 Å². The van der Waals surface area contributed by atoms with Crippen LogP contribution in [0.3, 0.4) is 0 Å². The van der Waals surface area contributed by atoms with Crippen LogP contribution in [0.25, 0.3) is 0 Å². The molecule has 6 atom stereocenters. The lowest BCUT2D eigenvalue weighted by Crippen LogP contribution is -2.55. The fourth-order valence-corrected chi connectivity index (χ4v) is 9.73. The molecule has 2 heterocycles. The average Bonchev–Trinajstić information content (AvgIpc) is 3.57. The first kappa shape index (κ1) is 41.0. The molecule has 2 fully saturated rings. The van der Waals surface area contributed by atoms with Crippen molar-refractivity contribution in [2.24, 2.45) is 11.8 Å². The molecule has 2 aromatic rings. The molecule has 2 aliphatic heterocycles. The Labute approximate surface area is 314 Å². The van der Waals surface area contributed by atoms with E-state index in [1.807, 2.05) is 88.4 Å². The Morgan fingerprint density at radius 2 is 0.942 bits per heavy atom. The number of hydrogen-bond acceptors (Lipinski definition) is 10. The maximum Gasteiger partial charge on any atom is 0.238 e. The molecule has 4 amide bonds. The summed E-state index contributed by atoms with van der Waals surface area (Å²) in [5.41, 5.74) is 1.62. The van der Waals surface area contributed by atoms with E-state index in [-0.39, 0.29) is 61.1 Å². The highest BCUT2D eigenvalue weighted by Crippen LogP contribution is 2.42. The van der Waals surface area contributed by atoms with Crippen LogP contribution in [0.1, 0.15) is 52.7 Å². The van der Waals surface area contributed by atoms with Gasteiger partial charge < -0.3 is 21.3 Å². The number of carbonyl (C=O) groups is 6. The van der Waals surface area contributed by atoms with Crippen LogP contribution in [0.2, 0.25) is 0 Å². The molecule has 0 spiro atoms. The summed E-state index contributed by atoms with van der Waals surface area (Å²) >= 11 is 2.78. The first-order chi connectivity index (χ1) is 24.7. The van der Waals surface area contributed by atoms with Crippen molar-refractivity contribution in [1.82, 2.24) is 31.9 Å².